The van der Waals surface area contributed by atoms with Crippen LogP contribution in [0.4, 0.5) is 0 Å². The van der Waals surface area contributed by atoms with Gasteiger partial charge in [-0.1, -0.05) is 47.0 Å². The number of benzene rings is 2. The Hall–Kier alpha value is -2.23. The van der Waals surface area contributed by atoms with Crippen LogP contribution in [-0.4, -0.2) is 49.7 Å². The highest BCUT2D eigenvalue weighted by Gasteiger charge is 2.35. The molecule has 7 nitrogen and oxygen atoms in total. The smallest absolute Gasteiger partial charge is 0.251 e. The van der Waals surface area contributed by atoms with Crippen LogP contribution in [0.15, 0.2) is 57.9 Å². The fourth-order valence-electron chi connectivity index (χ4n) is 4.98. The molecule has 0 radical (unpaired) electrons. The Morgan fingerprint density at radius 3 is 2.26 bits per heavy atom. The highest BCUT2D eigenvalue weighted by atomic mass is 79.9. The largest absolute Gasteiger partial charge is 0.351 e. The highest BCUT2D eigenvalue weighted by molar-refractivity contribution is 9.10. The van der Waals surface area contributed by atoms with E-state index in [9.17, 15) is 18.0 Å². The average molecular weight is 563 g/mol. The second-order valence-corrected chi connectivity index (χ2v) is 12.3. The molecular formula is C26H32BrN3O4S. The summed E-state index contributed by atoms with van der Waals surface area (Å²) in [5.74, 6) is -0.676. The van der Waals surface area contributed by atoms with E-state index < -0.39 is 15.9 Å². The maximum atomic E-state index is 13.2. The van der Waals surface area contributed by atoms with Crippen molar-refractivity contribution in [1.82, 2.24) is 14.9 Å². The van der Waals surface area contributed by atoms with Gasteiger partial charge >= 0.3 is 0 Å². The fourth-order valence-corrected chi connectivity index (χ4v) is 6.77. The number of hydrogen-bond acceptors (Lipinski definition) is 4. The number of carbonyl (C=O) groups is 2. The third kappa shape index (κ3) is 6.13. The van der Waals surface area contributed by atoms with Crippen molar-refractivity contribution in [1.29, 1.82) is 0 Å². The maximum absolute atomic E-state index is 13.2. The molecule has 188 valence electrons. The quantitative estimate of drug-likeness (QED) is 0.556. The average Bonchev–Trinajstić information content (AvgIpc) is 2.86. The summed E-state index contributed by atoms with van der Waals surface area (Å²) in [6, 6.07) is 13.7. The van der Waals surface area contributed by atoms with Crippen molar-refractivity contribution < 1.29 is 18.0 Å². The zero-order valence-corrected chi connectivity index (χ0v) is 22.3. The fraction of sp³-hybridized carbons (Fsp3) is 0.462. The molecule has 4 rings (SSSR count). The van der Waals surface area contributed by atoms with Crippen LogP contribution in [-0.2, 0) is 14.8 Å². The predicted molar refractivity (Wildman–Crippen MR) is 138 cm³/mol. The number of aryl methyl sites for hydroxylation is 1. The van der Waals surface area contributed by atoms with Crippen LogP contribution in [0.5, 0.6) is 0 Å². The van der Waals surface area contributed by atoms with Crippen LogP contribution in [0.1, 0.15) is 54.4 Å². The minimum absolute atomic E-state index is 0.126. The Morgan fingerprint density at radius 1 is 0.914 bits per heavy atom. The Kier molecular flexibility index (Phi) is 8.29. The molecule has 9 heteroatoms. The lowest BCUT2D eigenvalue weighted by Gasteiger charge is -2.36. The third-order valence-corrected chi connectivity index (χ3v) is 9.41. The van der Waals surface area contributed by atoms with E-state index in [0.29, 0.717) is 24.9 Å². The minimum Gasteiger partial charge on any atom is -0.351 e. The number of carbonyl (C=O) groups excluding carboxylic acids is 2. The molecule has 2 aromatic carbocycles. The molecule has 3 atom stereocenters. The molecular weight excluding hydrogens is 530 g/mol. The first-order valence-corrected chi connectivity index (χ1v) is 14.4. The summed E-state index contributed by atoms with van der Waals surface area (Å²) in [4.78, 5) is 26.3. The highest BCUT2D eigenvalue weighted by Crippen LogP contribution is 2.26. The van der Waals surface area contributed by atoms with Gasteiger partial charge < -0.3 is 10.6 Å². The zero-order chi connectivity index (χ0) is 25.0. The summed E-state index contributed by atoms with van der Waals surface area (Å²) in [6.45, 7) is 2.48. The van der Waals surface area contributed by atoms with Crippen LogP contribution in [0, 0.1) is 12.8 Å². The second kappa shape index (κ2) is 11.2. The van der Waals surface area contributed by atoms with Crippen LogP contribution in [0.2, 0.25) is 0 Å². The lowest BCUT2D eigenvalue weighted by molar-refractivity contribution is -0.127. The number of nitrogens with zero attached hydrogens (tertiary/aromatic N) is 1. The number of halogens is 1. The molecule has 35 heavy (non-hydrogen) atoms. The van der Waals surface area contributed by atoms with Gasteiger partial charge in [-0.3, -0.25) is 9.59 Å². The van der Waals surface area contributed by atoms with Gasteiger partial charge in [0.15, 0.2) is 0 Å². The summed E-state index contributed by atoms with van der Waals surface area (Å²) in [6.07, 6.45) is 4.84. The molecule has 2 aliphatic rings. The summed E-state index contributed by atoms with van der Waals surface area (Å²) in [5.41, 5.74) is 1.56. The molecule has 1 aliphatic heterocycles. The van der Waals surface area contributed by atoms with Gasteiger partial charge in [0.1, 0.15) is 0 Å². The zero-order valence-electron chi connectivity index (χ0n) is 19.9. The van der Waals surface area contributed by atoms with Gasteiger partial charge in [-0.2, -0.15) is 4.31 Å². The van der Waals surface area contributed by atoms with Gasteiger partial charge in [0.2, 0.25) is 15.9 Å². The van der Waals surface area contributed by atoms with Gasteiger partial charge in [0.25, 0.3) is 5.91 Å². The number of nitrogens with one attached hydrogen (secondary N) is 2. The molecule has 2 N–H and O–H groups in total. The van der Waals surface area contributed by atoms with Gasteiger partial charge in [0.05, 0.1) is 10.8 Å². The third-order valence-electron chi connectivity index (χ3n) is 7.01. The summed E-state index contributed by atoms with van der Waals surface area (Å²) < 4.78 is 28.5. The van der Waals surface area contributed by atoms with E-state index in [1.165, 1.54) is 4.31 Å². The van der Waals surface area contributed by atoms with E-state index in [4.69, 9.17) is 0 Å². The lowest BCUT2D eigenvalue weighted by Crippen LogP contribution is -2.55. The molecule has 2 amide bonds. The lowest BCUT2D eigenvalue weighted by atomic mass is 9.89. The molecule has 0 spiro atoms. The maximum Gasteiger partial charge on any atom is 0.251 e. The number of piperidine rings is 1. The summed E-state index contributed by atoms with van der Waals surface area (Å²) in [5, 5.41) is 6.28. The van der Waals surface area contributed by atoms with Crippen molar-refractivity contribution in [2.45, 2.75) is 62.4 Å². The van der Waals surface area contributed by atoms with E-state index in [1.54, 1.807) is 24.3 Å². The Labute approximate surface area is 215 Å². The second-order valence-electron chi connectivity index (χ2n) is 9.45. The SMILES string of the molecule is Cc1ccccc1C(=O)N[C@@H]1CCCC[C@H]1NC(=O)[C@@H]1CCCN(S(=O)(=O)c2ccc(Br)cc2)C1. The van der Waals surface area contributed by atoms with Crippen molar-refractivity contribution in [3.05, 3.63) is 64.1 Å². The van der Waals surface area contributed by atoms with E-state index in [1.807, 2.05) is 31.2 Å². The van der Waals surface area contributed by atoms with Crippen LogP contribution < -0.4 is 10.6 Å². The standard InChI is InChI=1S/C26H32BrN3O4S/c1-18-7-2-3-9-22(18)26(32)29-24-11-5-4-10-23(24)28-25(31)19-8-6-16-30(17-19)35(33,34)21-14-12-20(27)13-15-21/h2-3,7,9,12-15,19,23-24H,4-6,8,10-11,16-17H2,1H3,(H,28,31)(H,29,32)/t19-,23-,24-/m1/s1. The molecule has 1 saturated heterocycles. The molecule has 0 bridgehead atoms. The molecule has 0 aromatic heterocycles. The summed E-state index contributed by atoms with van der Waals surface area (Å²) >= 11 is 3.33. The van der Waals surface area contributed by atoms with Crippen molar-refractivity contribution >= 4 is 37.8 Å². The minimum atomic E-state index is -3.66. The number of rotatable bonds is 6. The van der Waals surface area contributed by atoms with Gasteiger partial charge in [-0.15, -0.1) is 0 Å². The van der Waals surface area contributed by atoms with E-state index in [-0.39, 0.29) is 35.3 Å². The van der Waals surface area contributed by atoms with Gasteiger partial charge in [0, 0.05) is 35.2 Å². The first-order chi connectivity index (χ1) is 16.8. The summed E-state index contributed by atoms with van der Waals surface area (Å²) in [7, 11) is -3.66. The van der Waals surface area contributed by atoms with Crippen molar-refractivity contribution in [2.75, 3.05) is 13.1 Å². The molecule has 1 aliphatic carbocycles. The van der Waals surface area contributed by atoms with Crippen LogP contribution >= 0.6 is 15.9 Å². The number of amides is 2. The van der Waals surface area contributed by atoms with Gasteiger partial charge in [-0.25, -0.2) is 8.42 Å². The van der Waals surface area contributed by atoms with Crippen molar-refractivity contribution in [2.24, 2.45) is 5.92 Å². The monoisotopic (exact) mass is 561 g/mol. The van der Waals surface area contributed by atoms with E-state index in [2.05, 4.69) is 26.6 Å². The Morgan fingerprint density at radius 2 is 1.57 bits per heavy atom. The predicted octanol–water partition coefficient (Wildman–Crippen LogP) is 4.02. The topological polar surface area (TPSA) is 95.6 Å². The molecule has 2 fully saturated rings. The first kappa shape index (κ1) is 25.9. The molecule has 1 heterocycles. The van der Waals surface area contributed by atoms with E-state index >= 15 is 0 Å². The van der Waals surface area contributed by atoms with Crippen molar-refractivity contribution in [3.8, 4) is 0 Å². The van der Waals surface area contributed by atoms with Crippen LogP contribution in [0.25, 0.3) is 0 Å². The molecule has 1 saturated carbocycles. The van der Waals surface area contributed by atoms with Crippen LogP contribution in [0.3, 0.4) is 0 Å². The van der Waals surface area contributed by atoms with Gasteiger partial charge in [-0.05, 0) is 68.5 Å². The Bertz CT molecular complexity index is 1170. The normalized spacial score (nSPS) is 23.4. The Balaban J connectivity index is 1.40. The number of hydrogen-bond donors (Lipinski definition) is 2. The number of sulfonamides is 1. The first-order valence-electron chi connectivity index (χ1n) is 12.2. The van der Waals surface area contributed by atoms with Crippen molar-refractivity contribution in [3.63, 3.8) is 0 Å². The molecule has 2 aromatic rings. The molecule has 0 unspecified atom stereocenters. The van der Waals surface area contributed by atoms with E-state index in [0.717, 1.165) is 35.7 Å².